The molecule has 1 unspecified atom stereocenters. The quantitative estimate of drug-likeness (QED) is 0.513. The van der Waals surface area contributed by atoms with Gasteiger partial charge in [0, 0.05) is 42.7 Å². The fourth-order valence-corrected chi connectivity index (χ4v) is 5.91. The van der Waals surface area contributed by atoms with Crippen LogP contribution in [0, 0.1) is 5.82 Å². The number of nitrogens with one attached hydrogen (secondary N) is 1. The zero-order valence-electron chi connectivity index (χ0n) is 21.0. The van der Waals surface area contributed by atoms with Gasteiger partial charge in [0.05, 0.1) is 19.3 Å². The van der Waals surface area contributed by atoms with E-state index >= 15 is 4.39 Å². The van der Waals surface area contributed by atoms with Crippen molar-refractivity contribution in [3.8, 4) is 0 Å². The Labute approximate surface area is 220 Å². The van der Waals surface area contributed by atoms with Crippen molar-refractivity contribution in [3.63, 3.8) is 0 Å². The summed E-state index contributed by atoms with van der Waals surface area (Å²) >= 11 is 0. The maximum Gasteiger partial charge on any atom is 0.255 e. The Morgan fingerprint density at radius 1 is 0.895 bits per heavy atom. The van der Waals surface area contributed by atoms with Crippen LogP contribution >= 0.6 is 0 Å². The normalized spacial score (nSPS) is 20.3. The van der Waals surface area contributed by atoms with Gasteiger partial charge in [0.1, 0.15) is 11.9 Å². The van der Waals surface area contributed by atoms with Gasteiger partial charge in [-0.15, -0.1) is 0 Å². The van der Waals surface area contributed by atoms with Gasteiger partial charge in [-0.25, -0.2) is 4.39 Å². The minimum atomic E-state index is -0.754. The Morgan fingerprint density at radius 2 is 1.58 bits per heavy atom. The van der Waals surface area contributed by atoms with Crippen LogP contribution in [0.3, 0.4) is 0 Å². The van der Waals surface area contributed by atoms with E-state index in [1.165, 1.54) is 16.0 Å². The Kier molecular flexibility index (Phi) is 6.51. The van der Waals surface area contributed by atoms with E-state index in [2.05, 4.69) is 63.6 Å². The van der Waals surface area contributed by atoms with Gasteiger partial charge in [-0.05, 0) is 23.6 Å². The molecule has 0 radical (unpaired) electrons. The number of amides is 3. The molecule has 1 atom stereocenters. The van der Waals surface area contributed by atoms with Crippen LogP contribution in [-0.4, -0.2) is 58.2 Å². The maximum absolute atomic E-state index is 15.7. The minimum Gasteiger partial charge on any atom is -0.322 e. The second kappa shape index (κ2) is 10.1. The molecule has 3 aromatic rings. The maximum atomic E-state index is 15.7. The standard InChI is InChI=1S/C30H29FN4O3/c31-27-22(11-12-23-24(27)18-35(30(23)38)25-13-14-26(36)32-29(25)37)17-33-15-16-34(19-33)28(20-7-3-1-4-8-20)21-9-5-2-6-10-21/h1-12,25,28H,13-19H2,(H,32,36,37). The number of nitrogens with zero attached hydrogens (tertiary/aromatic N) is 3. The van der Waals surface area contributed by atoms with E-state index in [1.807, 2.05) is 12.1 Å². The molecule has 3 heterocycles. The van der Waals surface area contributed by atoms with Crippen molar-refractivity contribution < 1.29 is 18.8 Å². The van der Waals surface area contributed by atoms with Crippen LogP contribution in [-0.2, 0) is 22.7 Å². The molecular formula is C30H29FN4O3. The van der Waals surface area contributed by atoms with E-state index in [9.17, 15) is 14.4 Å². The average Bonchev–Trinajstić information content (AvgIpc) is 3.52. The molecule has 0 spiro atoms. The molecule has 0 bridgehead atoms. The summed E-state index contributed by atoms with van der Waals surface area (Å²) in [6.07, 6.45) is 0.426. The number of imide groups is 1. The highest BCUT2D eigenvalue weighted by Gasteiger charge is 2.40. The Balaban J connectivity index is 1.18. The summed E-state index contributed by atoms with van der Waals surface area (Å²) in [5.74, 6) is -1.58. The number of hydrogen-bond donors (Lipinski definition) is 1. The molecule has 2 fully saturated rings. The second-order valence-corrected chi connectivity index (χ2v) is 10.2. The molecule has 3 aliphatic heterocycles. The highest BCUT2D eigenvalue weighted by Crippen LogP contribution is 2.33. The zero-order valence-corrected chi connectivity index (χ0v) is 21.0. The van der Waals surface area contributed by atoms with Gasteiger partial charge in [-0.2, -0.15) is 0 Å². The van der Waals surface area contributed by atoms with Gasteiger partial charge in [-0.1, -0.05) is 66.7 Å². The summed E-state index contributed by atoms with van der Waals surface area (Å²) in [7, 11) is 0. The number of hydrogen-bond acceptors (Lipinski definition) is 5. The van der Waals surface area contributed by atoms with Crippen molar-refractivity contribution in [2.24, 2.45) is 0 Å². The van der Waals surface area contributed by atoms with Gasteiger partial charge in [0.25, 0.3) is 5.91 Å². The highest BCUT2D eigenvalue weighted by atomic mass is 19.1. The van der Waals surface area contributed by atoms with Gasteiger partial charge < -0.3 is 4.90 Å². The SMILES string of the molecule is O=C1CCC(N2Cc3c(ccc(CN4CCN(C(c5ccccc5)c5ccccc5)C4)c3F)C2=O)C(=O)N1. The number of fused-ring (bicyclic) bond motifs is 1. The number of benzene rings is 3. The molecule has 2 saturated heterocycles. The predicted octanol–water partition coefficient (Wildman–Crippen LogP) is 3.45. The summed E-state index contributed by atoms with van der Waals surface area (Å²) in [4.78, 5) is 42.9. The van der Waals surface area contributed by atoms with E-state index < -0.39 is 11.9 Å². The van der Waals surface area contributed by atoms with Crippen LogP contribution in [0.15, 0.2) is 72.8 Å². The topological polar surface area (TPSA) is 73.0 Å². The summed E-state index contributed by atoms with van der Waals surface area (Å²) in [6.45, 7) is 2.80. The number of halogens is 1. The number of rotatable bonds is 6. The highest BCUT2D eigenvalue weighted by molar-refractivity contribution is 6.05. The third kappa shape index (κ3) is 4.50. The lowest BCUT2D eigenvalue weighted by molar-refractivity contribution is -0.136. The van der Waals surface area contributed by atoms with E-state index in [0.29, 0.717) is 29.9 Å². The van der Waals surface area contributed by atoms with Crippen LogP contribution in [0.5, 0.6) is 0 Å². The van der Waals surface area contributed by atoms with Gasteiger partial charge in [0.2, 0.25) is 11.8 Å². The van der Waals surface area contributed by atoms with Crippen molar-refractivity contribution in [3.05, 3.63) is 106 Å². The summed E-state index contributed by atoms with van der Waals surface area (Å²) in [5, 5.41) is 2.29. The fourth-order valence-electron chi connectivity index (χ4n) is 5.91. The van der Waals surface area contributed by atoms with E-state index in [-0.39, 0.29) is 43.1 Å². The second-order valence-electron chi connectivity index (χ2n) is 10.2. The lowest BCUT2D eigenvalue weighted by Crippen LogP contribution is -2.52. The van der Waals surface area contributed by atoms with Crippen LogP contribution < -0.4 is 5.32 Å². The summed E-state index contributed by atoms with van der Waals surface area (Å²) in [5.41, 5.74) is 3.61. The van der Waals surface area contributed by atoms with Gasteiger partial charge in [0.15, 0.2) is 0 Å². The molecule has 0 aliphatic carbocycles. The average molecular weight is 513 g/mol. The van der Waals surface area contributed by atoms with Crippen LogP contribution in [0.2, 0.25) is 0 Å². The molecule has 38 heavy (non-hydrogen) atoms. The first kappa shape index (κ1) is 24.5. The smallest absolute Gasteiger partial charge is 0.255 e. The lowest BCUT2D eigenvalue weighted by atomic mass is 9.97. The van der Waals surface area contributed by atoms with Crippen LogP contribution in [0.1, 0.15) is 51.5 Å². The van der Waals surface area contributed by atoms with Crippen molar-refractivity contribution in [2.45, 2.75) is 38.0 Å². The number of carbonyl (C=O) groups excluding carboxylic acids is 3. The van der Waals surface area contributed by atoms with E-state index in [0.717, 1.165) is 13.1 Å². The Hall–Kier alpha value is -3.88. The summed E-state index contributed by atoms with van der Waals surface area (Å²) in [6, 6.07) is 23.5. The van der Waals surface area contributed by atoms with Crippen molar-refractivity contribution >= 4 is 17.7 Å². The van der Waals surface area contributed by atoms with Gasteiger partial charge in [-0.3, -0.25) is 29.5 Å². The first-order valence-corrected chi connectivity index (χ1v) is 13.0. The van der Waals surface area contributed by atoms with Crippen molar-refractivity contribution in [1.29, 1.82) is 0 Å². The van der Waals surface area contributed by atoms with Crippen LogP contribution in [0.25, 0.3) is 0 Å². The molecule has 3 aliphatic rings. The number of carbonyl (C=O) groups is 3. The molecule has 194 valence electrons. The molecule has 6 rings (SSSR count). The Morgan fingerprint density at radius 3 is 2.24 bits per heavy atom. The van der Waals surface area contributed by atoms with Crippen molar-refractivity contribution in [1.82, 2.24) is 20.0 Å². The zero-order chi connectivity index (χ0) is 26.2. The lowest BCUT2D eigenvalue weighted by Gasteiger charge is -2.29. The molecule has 3 aromatic carbocycles. The largest absolute Gasteiger partial charge is 0.322 e. The molecular weight excluding hydrogens is 483 g/mol. The predicted molar refractivity (Wildman–Crippen MR) is 139 cm³/mol. The van der Waals surface area contributed by atoms with Crippen molar-refractivity contribution in [2.75, 3.05) is 19.8 Å². The van der Waals surface area contributed by atoms with Gasteiger partial charge >= 0.3 is 0 Å². The van der Waals surface area contributed by atoms with Crippen LogP contribution in [0.4, 0.5) is 4.39 Å². The first-order valence-electron chi connectivity index (χ1n) is 13.0. The monoisotopic (exact) mass is 512 g/mol. The molecule has 0 saturated carbocycles. The molecule has 0 aromatic heterocycles. The van der Waals surface area contributed by atoms with E-state index in [1.54, 1.807) is 12.1 Å². The molecule has 7 nitrogen and oxygen atoms in total. The third-order valence-electron chi connectivity index (χ3n) is 7.80. The molecule has 3 amide bonds. The van der Waals surface area contributed by atoms with E-state index in [4.69, 9.17) is 0 Å². The summed E-state index contributed by atoms with van der Waals surface area (Å²) < 4.78 is 15.7. The fraction of sp³-hybridized carbons (Fsp3) is 0.300. The molecule has 1 N–H and O–H groups in total. The Bertz CT molecular complexity index is 1340. The first-order chi connectivity index (χ1) is 18.5. The number of piperidine rings is 1. The minimum absolute atomic E-state index is 0.0380. The third-order valence-corrected chi connectivity index (χ3v) is 7.80. The molecule has 8 heteroatoms.